The Kier molecular flexibility index (Phi) is 4.82. The predicted octanol–water partition coefficient (Wildman–Crippen LogP) is 3.61. The summed E-state index contributed by atoms with van der Waals surface area (Å²) in [6, 6.07) is 6.55. The molecule has 8 nitrogen and oxygen atoms in total. The molecule has 3 aromatic heterocycles. The standard InChI is InChI=1S/C18H12F4N6O2/c19-12-3-11(6-24-7-12)9-1-2-10(13(4-9)30-18(20,21)22)8-29-14-5-15(23)25-17-16(14)26-28-27-17/h1-7H,8H2,(H3,23,25,26,27,28). The lowest BCUT2D eigenvalue weighted by Gasteiger charge is -2.15. The number of hydrogen-bond acceptors (Lipinski definition) is 7. The fourth-order valence-corrected chi connectivity index (χ4v) is 2.73. The van der Waals surface area contributed by atoms with E-state index in [-0.39, 0.29) is 40.5 Å². The molecular weight excluding hydrogens is 408 g/mol. The number of pyridine rings is 2. The molecule has 0 atom stereocenters. The number of nitrogen functional groups attached to an aromatic ring is 1. The summed E-state index contributed by atoms with van der Waals surface area (Å²) in [5.74, 6) is -0.831. The van der Waals surface area contributed by atoms with E-state index in [0.29, 0.717) is 5.56 Å². The number of aromatic nitrogens is 5. The second-order valence-electron chi connectivity index (χ2n) is 6.09. The van der Waals surface area contributed by atoms with Gasteiger partial charge in [0, 0.05) is 23.4 Å². The molecule has 0 saturated carbocycles. The van der Waals surface area contributed by atoms with E-state index in [0.717, 1.165) is 18.3 Å². The van der Waals surface area contributed by atoms with Crippen molar-refractivity contribution in [2.45, 2.75) is 13.0 Å². The van der Waals surface area contributed by atoms with Gasteiger partial charge in [-0.1, -0.05) is 12.1 Å². The lowest BCUT2D eigenvalue weighted by Crippen LogP contribution is -2.18. The van der Waals surface area contributed by atoms with Gasteiger partial charge in [0.15, 0.2) is 11.3 Å². The molecule has 4 aromatic rings. The molecule has 3 heterocycles. The molecule has 0 aliphatic rings. The van der Waals surface area contributed by atoms with Crippen molar-refractivity contribution in [1.29, 1.82) is 0 Å². The first-order chi connectivity index (χ1) is 14.3. The number of halogens is 4. The van der Waals surface area contributed by atoms with E-state index in [9.17, 15) is 17.6 Å². The molecule has 0 radical (unpaired) electrons. The fraction of sp³-hybridized carbons (Fsp3) is 0.111. The molecule has 154 valence electrons. The van der Waals surface area contributed by atoms with Crippen LogP contribution in [0.3, 0.4) is 0 Å². The minimum Gasteiger partial charge on any atom is -0.486 e. The van der Waals surface area contributed by atoms with Gasteiger partial charge >= 0.3 is 6.36 Å². The number of nitrogens with one attached hydrogen (secondary N) is 1. The van der Waals surface area contributed by atoms with E-state index in [4.69, 9.17) is 10.5 Å². The Balaban J connectivity index is 1.67. The van der Waals surface area contributed by atoms with Crippen molar-refractivity contribution < 1.29 is 27.0 Å². The van der Waals surface area contributed by atoms with Crippen LogP contribution in [-0.2, 0) is 6.61 Å². The fourth-order valence-electron chi connectivity index (χ4n) is 2.73. The number of alkyl halides is 3. The largest absolute Gasteiger partial charge is 0.573 e. The normalized spacial score (nSPS) is 11.6. The zero-order valence-corrected chi connectivity index (χ0v) is 14.9. The smallest absolute Gasteiger partial charge is 0.486 e. The Morgan fingerprint density at radius 2 is 1.83 bits per heavy atom. The summed E-state index contributed by atoms with van der Waals surface area (Å²) in [5, 5.41) is 10.0. The molecule has 1 aromatic carbocycles. The molecule has 30 heavy (non-hydrogen) atoms. The third-order valence-electron chi connectivity index (χ3n) is 3.99. The van der Waals surface area contributed by atoms with Gasteiger partial charge in [-0.25, -0.2) is 9.37 Å². The van der Waals surface area contributed by atoms with Crippen molar-refractivity contribution >= 4 is 17.0 Å². The molecule has 0 saturated heterocycles. The van der Waals surface area contributed by atoms with Gasteiger partial charge in [-0.05, 0) is 17.7 Å². The zero-order chi connectivity index (χ0) is 21.3. The minimum atomic E-state index is -4.94. The second-order valence-corrected chi connectivity index (χ2v) is 6.09. The highest BCUT2D eigenvalue weighted by molar-refractivity contribution is 5.78. The average molecular weight is 420 g/mol. The maximum atomic E-state index is 13.4. The number of nitrogens with two attached hydrogens (primary N) is 1. The van der Waals surface area contributed by atoms with Crippen LogP contribution in [0.4, 0.5) is 23.4 Å². The quantitative estimate of drug-likeness (QED) is 0.474. The van der Waals surface area contributed by atoms with Gasteiger partial charge in [0.1, 0.15) is 24.0 Å². The Labute approximate surface area is 165 Å². The molecule has 0 aliphatic carbocycles. The Morgan fingerprint density at radius 1 is 1.00 bits per heavy atom. The zero-order valence-electron chi connectivity index (χ0n) is 14.9. The topological polar surface area (TPSA) is 112 Å². The second kappa shape index (κ2) is 7.46. The SMILES string of the molecule is Nc1cc(OCc2ccc(-c3cncc(F)c3)cc2OC(F)(F)F)c2n[nH]nc2n1. The number of H-pyrrole nitrogens is 1. The molecular formula is C18H12F4N6O2. The summed E-state index contributed by atoms with van der Waals surface area (Å²) in [6.07, 6.45) is -2.62. The van der Waals surface area contributed by atoms with Crippen molar-refractivity contribution in [2.75, 3.05) is 5.73 Å². The third-order valence-corrected chi connectivity index (χ3v) is 3.99. The Bertz CT molecular complexity index is 1210. The highest BCUT2D eigenvalue weighted by atomic mass is 19.4. The summed E-state index contributed by atoms with van der Waals surface area (Å²) in [4.78, 5) is 7.65. The highest BCUT2D eigenvalue weighted by Gasteiger charge is 2.32. The van der Waals surface area contributed by atoms with Gasteiger partial charge in [0.25, 0.3) is 0 Å². The van der Waals surface area contributed by atoms with Crippen LogP contribution in [0.2, 0.25) is 0 Å². The average Bonchev–Trinajstić information content (AvgIpc) is 3.14. The van der Waals surface area contributed by atoms with Crippen LogP contribution in [0.1, 0.15) is 5.56 Å². The van der Waals surface area contributed by atoms with Crippen LogP contribution in [-0.4, -0.2) is 31.7 Å². The molecule has 0 fully saturated rings. The summed E-state index contributed by atoms with van der Waals surface area (Å²) >= 11 is 0. The van der Waals surface area contributed by atoms with Gasteiger partial charge in [0.05, 0.1) is 6.20 Å². The minimum absolute atomic E-state index is 0.0902. The van der Waals surface area contributed by atoms with Gasteiger partial charge in [-0.15, -0.1) is 18.3 Å². The number of benzene rings is 1. The van der Waals surface area contributed by atoms with Gasteiger partial charge < -0.3 is 15.2 Å². The van der Waals surface area contributed by atoms with Crippen LogP contribution < -0.4 is 15.2 Å². The molecule has 3 N–H and O–H groups in total. The number of rotatable bonds is 5. The van der Waals surface area contributed by atoms with E-state index in [1.165, 1.54) is 24.4 Å². The highest BCUT2D eigenvalue weighted by Crippen LogP contribution is 2.33. The van der Waals surface area contributed by atoms with Crippen molar-refractivity contribution in [1.82, 2.24) is 25.4 Å². The van der Waals surface area contributed by atoms with Gasteiger partial charge in [0.2, 0.25) is 5.65 Å². The first-order valence-electron chi connectivity index (χ1n) is 8.38. The van der Waals surface area contributed by atoms with Crippen LogP contribution in [0.5, 0.6) is 11.5 Å². The Hall–Kier alpha value is -3.96. The van der Waals surface area contributed by atoms with Crippen molar-refractivity contribution in [2.24, 2.45) is 0 Å². The maximum absolute atomic E-state index is 13.4. The van der Waals surface area contributed by atoms with E-state index >= 15 is 0 Å². The van der Waals surface area contributed by atoms with Crippen LogP contribution >= 0.6 is 0 Å². The van der Waals surface area contributed by atoms with Crippen LogP contribution in [0, 0.1) is 5.82 Å². The number of anilines is 1. The molecule has 0 aliphatic heterocycles. The lowest BCUT2D eigenvalue weighted by molar-refractivity contribution is -0.275. The number of nitrogens with zero attached hydrogens (tertiary/aromatic N) is 4. The van der Waals surface area contributed by atoms with E-state index in [1.54, 1.807) is 0 Å². The van der Waals surface area contributed by atoms with Crippen LogP contribution in [0.15, 0.2) is 42.7 Å². The van der Waals surface area contributed by atoms with Crippen molar-refractivity contribution in [3.63, 3.8) is 0 Å². The number of aromatic amines is 1. The molecule has 0 bridgehead atoms. The number of hydrogen-bond donors (Lipinski definition) is 2. The van der Waals surface area contributed by atoms with Crippen molar-refractivity contribution in [3.05, 3.63) is 54.1 Å². The molecule has 0 unspecified atom stereocenters. The summed E-state index contributed by atoms with van der Waals surface area (Å²) in [6.45, 7) is -0.293. The lowest BCUT2D eigenvalue weighted by atomic mass is 10.0. The van der Waals surface area contributed by atoms with E-state index in [2.05, 4.69) is 30.1 Å². The van der Waals surface area contributed by atoms with E-state index < -0.39 is 17.9 Å². The Morgan fingerprint density at radius 3 is 2.60 bits per heavy atom. The number of fused-ring (bicyclic) bond motifs is 1. The summed E-state index contributed by atoms with van der Waals surface area (Å²) in [5.41, 5.74) is 6.82. The molecule has 0 amide bonds. The third kappa shape index (κ3) is 4.21. The van der Waals surface area contributed by atoms with Gasteiger partial charge in [-0.2, -0.15) is 10.3 Å². The molecule has 4 rings (SSSR count). The monoisotopic (exact) mass is 420 g/mol. The first-order valence-corrected chi connectivity index (χ1v) is 8.38. The summed E-state index contributed by atoms with van der Waals surface area (Å²) in [7, 11) is 0. The molecule has 0 spiro atoms. The van der Waals surface area contributed by atoms with E-state index in [1.807, 2.05) is 0 Å². The first kappa shape index (κ1) is 19.4. The van der Waals surface area contributed by atoms with Gasteiger partial charge in [-0.3, -0.25) is 4.98 Å². The number of ether oxygens (including phenoxy) is 2. The summed E-state index contributed by atoms with van der Waals surface area (Å²) < 4.78 is 61.9. The molecule has 12 heteroatoms. The van der Waals surface area contributed by atoms with Crippen molar-refractivity contribution in [3.8, 4) is 22.6 Å². The predicted molar refractivity (Wildman–Crippen MR) is 96.7 cm³/mol. The van der Waals surface area contributed by atoms with Crippen LogP contribution in [0.25, 0.3) is 22.3 Å². The maximum Gasteiger partial charge on any atom is 0.573 e.